The molecule has 1 atom stereocenters. The van der Waals surface area contributed by atoms with E-state index < -0.39 is 61.9 Å². The predicted molar refractivity (Wildman–Crippen MR) is 123 cm³/mol. The lowest BCUT2D eigenvalue weighted by Crippen LogP contribution is -2.38. The molecule has 0 amide bonds. The molecule has 1 N–H and O–H groups in total. The van der Waals surface area contributed by atoms with Crippen LogP contribution in [0.2, 0.25) is 0 Å². The Hall–Kier alpha value is -3.09. The number of aromatic nitrogens is 3. The molecule has 1 aliphatic carbocycles. The summed E-state index contributed by atoms with van der Waals surface area (Å²) in [7, 11) is -4.21. The van der Waals surface area contributed by atoms with Gasteiger partial charge >= 0.3 is 0 Å². The number of sulfone groups is 1. The molecule has 0 aliphatic heterocycles. The van der Waals surface area contributed by atoms with Crippen LogP contribution >= 0.6 is 0 Å². The number of hydrogen-bond acceptors (Lipinski definition) is 6. The van der Waals surface area contributed by atoms with Crippen LogP contribution in [0.25, 0.3) is 10.9 Å². The van der Waals surface area contributed by atoms with Crippen molar-refractivity contribution in [3.8, 4) is 0 Å². The Morgan fingerprint density at radius 3 is 2.33 bits per heavy atom. The minimum absolute atomic E-state index is 0.0286. The van der Waals surface area contributed by atoms with E-state index in [2.05, 4.69) is 15.3 Å². The fraction of sp³-hybridized carbons (Fsp3) is 0.435. The average Bonchev–Trinajstić information content (AvgIpc) is 3.60. The number of anilines is 1. The summed E-state index contributed by atoms with van der Waals surface area (Å²) in [6, 6.07) is 2.58. The summed E-state index contributed by atoms with van der Waals surface area (Å²) in [5.74, 6) is -1.60. The molecule has 0 saturated heterocycles. The molecule has 0 unspecified atom stereocenters. The van der Waals surface area contributed by atoms with Crippen molar-refractivity contribution in [2.24, 2.45) is 0 Å². The molecule has 0 radical (unpaired) electrons. The fourth-order valence-electron chi connectivity index (χ4n) is 4.19. The molecule has 3 aromatic rings. The quantitative estimate of drug-likeness (QED) is 0.417. The summed E-state index contributed by atoms with van der Waals surface area (Å²) in [6.45, 7) is 4.22. The molecule has 1 aromatic carbocycles. The molecule has 7 nitrogen and oxygen atoms in total. The zero-order valence-corrected chi connectivity index (χ0v) is 20.3. The molecule has 0 bridgehead atoms. The Kier molecular flexibility index (Phi) is 6.56. The van der Waals surface area contributed by atoms with E-state index in [1.54, 1.807) is 0 Å². The maximum Gasteiger partial charge on any atom is 0.272 e. The number of benzene rings is 1. The normalized spacial score (nSPS) is 16.1. The third-order valence-electron chi connectivity index (χ3n) is 6.40. The van der Waals surface area contributed by atoms with E-state index in [9.17, 15) is 35.2 Å². The molecule has 2 aromatic heterocycles. The van der Waals surface area contributed by atoms with Crippen molar-refractivity contribution < 1.29 is 30.4 Å². The van der Waals surface area contributed by atoms with Crippen LogP contribution in [0.15, 0.2) is 34.1 Å². The van der Waals surface area contributed by atoms with E-state index in [0.29, 0.717) is 0 Å². The Balaban J connectivity index is 1.97. The highest BCUT2D eigenvalue weighted by Crippen LogP contribution is 2.48. The first-order valence-corrected chi connectivity index (χ1v) is 12.8. The fourth-order valence-corrected chi connectivity index (χ4v) is 5.29. The standard InChI is InChI=1S/C23H23F5N4O3S/c1-4-36(34,35)18-17-15(10-32(21(18)33)23(8-9-23)22(27)28)20(31-12(3)30-17)29-11(2)13-6-5-7-14(16(13)24)19(25)26/h5-7,10-11,19,22H,4,8-9H2,1-3H3,(H,29,30,31)/t11-/m1/s1. The van der Waals surface area contributed by atoms with Gasteiger partial charge in [-0.25, -0.2) is 40.3 Å². The summed E-state index contributed by atoms with van der Waals surface area (Å²) < 4.78 is 95.5. The summed E-state index contributed by atoms with van der Waals surface area (Å²) in [4.78, 5) is 20.9. The molecular weight excluding hydrogens is 507 g/mol. The van der Waals surface area contributed by atoms with E-state index in [1.807, 2.05) is 0 Å². The lowest BCUT2D eigenvalue weighted by atomic mass is 10.0. The van der Waals surface area contributed by atoms with Gasteiger partial charge in [0.1, 0.15) is 28.5 Å². The molecule has 36 heavy (non-hydrogen) atoms. The summed E-state index contributed by atoms with van der Waals surface area (Å²) in [5, 5.41) is 2.81. The van der Waals surface area contributed by atoms with Gasteiger partial charge in [0.05, 0.1) is 22.7 Å². The van der Waals surface area contributed by atoms with Gasteiger partial charge in [-0.2, -0.15) is 0 Å². The summed E-state index contributed by atoms with van der Waals surface area (Å²) >= 11 is 0. The lowest BCUT2D eigenvalue weighted by molar-refractivity contribution is 0.0650. The van der Waals surface area contributed by atoms with Gasteiger partial charge in [0, 0.05) is 11.8 Å². The highest BCUT2D eigenvalue weighted by atomic mass is 32.2. The van der Waals surface area contributed by atoms with Crippen molar-refractivity contribution in [2.45, 2.75) is 62.9 Å². The van der Waals surface area contributed by atoms with Gasteiger partial charge in [0.2, 0.25) is 0 Å². The van der Waals surface area contributed by atoms with Crippen LogP contribution in [0.3, 0.4) is 0 Å². The molecule has 1 saturated carbocycles. The molecule has 0 spiro atoms. The molecule has 2 heterocycles. The Labute approximate surface area is 203 Å². The number of rotatable bonds is 8. The van der Waals surface area contributed by atoms with E-state index in [-0.39, 0.29) is 41.0 Å². The molecular formula is C23H23F5N4O3S. The molecule has 13 heteroatoms. The van der Waals surface area contributed by atoms with Crippen molar-refractivity contribution in [1.82, 2.24) is 14.5 Å². The monoisotopic (exact) mass is 530 g/mol. The molecule has 194 valence electrons. The van der Waals surface area contributed by atoms with Gasteiger partial charge in [-0.15, -0.1) is 0 Å². The molecule has 1 aliphatic rings. The second kappa shape index (κ2) is 9.09. The van der Waals surface area contributed by atoms with Crippen LogP contribution in [0, 0.1) is 12.7 Å². The van der Waals surface area contributed by atoms with Crippen molar-refractivity contribution in [2.75, 3.05) is 11.1 Å². The largest absolute Gasteiger partial charge is 0.363 e. The Morgan fingerprint density at radius 1 is 1.14 bits per heavy atom. The van der Waals surface area contributed by atoms with E-state index in [1.165, 1.54) is 32.9 Å². The van der Waals surface area contributed by atoms with Gasteiger partial charge in [-0.3, -0.25) is 4.79 Å². The van der Waals surface area contributed by atoms with Crippen LogP contribution in [0.5, 0.6) is 0 Å². The Bertz CT molecular complexity index is 1500. The van der Waals surface area contributed by atoms with E-state index in [4.69, 9.17) is 0 Å². The number of fused-ring (bicyclic) bond motifs is 1. The number of pyridine rings is 1. The number of aryl methyl sites for hydroxylation is 1. The van der Waals surface area contributed by atoms with Crippen molar-refractivity contribution in [3.63, 3.8) is 0 Å². The average molecular weight is 531 g/mol. The number of nitrogens with one attached hydrogen (secondary N) is 1. The number of hydrogen-bond donors (Lipinski definition) is 1. The number of halogens is 5. The van der Waals surface area contributed by atoms with Crippen molar-refractivity contribution in [1.29, 1.82) is 0 Å². The SMILES string of the molecule is CCS(=O)(=O)c1c(=O)n(C2(C(F)F)CC2)cc2c(N[C@H](C)c3cccc(C(F)F)c3F)nc(C)nc12. The topological polar surface area (TPSA) is 94.0 Å². The van der Waals surface area contributed by atoms with Gasteiger partial charge < -0.3 is 9.88 Å². The third-order valence-corrected chi connectivity index (χ3v) is 8.15. The van der Waals surface area contributed by atoms with E-state index >= 15 is 0 Å². The maximum atomic E-state index is 14.7. The Morgan fingerprint density at radius 2 is 1.78 bits per heavy atom. The summed E-state index contributed by atoms with van der Waals surface area (Å²) in [6.07, 6.45) is -4.94. The predicted octanol–water partition coefficient (Wildman–Crippen LogP) is 4.90. The first-order valence-electron chi connectivity index (χ1n) is 11.1. The van der Waals surface area contributed by atoms with Gasteiger partial charge in [0.15, 0.2) is 14.7 Å². The smallest absolute Gasteiger partial charge is 0.272 e. The van der Waals surface area contributed by atoms with Crippen molar-refractivity contribution >= 4 is 26.6 Å². The molecule has 1 fully saturated rings. The van der Waals surface area contributed by atoms with Gasteiger partial charge in [-0.05, 0) is 26.7 Å². The van der Waals surface area contributed by atoms with E-state index in [0.717, 1.165) is 16.8 Å². The van der Waals surface area contributed by atoms with Gasteiger partial charge in [-0.1, -0.05) is 25.1 Å². The van der Waals surface area contributed by atoms with Crippen molar-refractivity contribution in [3.05, 3.63) is 57.5 Å². The first kappa shape index (κ1) is 26.0. The van der Waals surface area contributed by atoms with Crippen LogP contribution in [-0.2, 0) is 15.4 Å². The minimum Gasteiger partial charge on any atom is -0.363 e. The molecule has 4 rings (SSSR count). The second-order valence-corrected chi connectivity index (χ2v) is 11.0. The van der Waals surface area contributed by atoms with Crippen LogP contribution < -0.4 is 10.9 Å². The highest BCUT2D eigenvalue weighted by molar-refractivity contribution is 7.91. The van der Waals surface area contributed by atoms with Crippen LogP contribution in [0.1, 0.15) is 56.1 Å². The van der Waals surface area contributed by atoms with Crippen LogP contribution in [-0.4, -0.2) is 35.1 Å². The third kappa shape index (κ3) is 4.22. The summed E-state index contributed by atoms with van der Waals surface area (Å²) in [5.41, 5.74) is -4.11. The maximum absolute atomic E-state index is 14.7. The first-order chi connectivity index (χ1) is 16.8. The zero-order chi connectivity index (χ0) is 26.6. The lowest BCUT2D eigenvalue weighted by Gasteiger charge is -2.22. The second-order valence-electron chi connectivity index (χ2n) is 8.74. The minimum atomic E-state index is -4.21. The number of nitrogens with zero attached hydrogens (tertiary/aromatic N) is 3. The highest BCUT2D eigenvalue weighted by Gasteiger charge is 2.54. The number of alkyl halides is 4. The van der Waals surface area contributed by atoms with Crippen LogP contribution in [0.4, 0.5) is 27.8 Å². The van der Waals surface area contributed by atoms with Gasteiger partial charge in [0.25, 0.3) is 18.4 Å². The zero-order valence-electron chi connectivity index (χ0n) is 19.5.